The van der Waals surface area contributed by atoms with Crippen molar-refractivity contribution in [2.45, 2.75) is 47.1 Å². The van der Waals surface area contributed by atoms with Gasteiger partial charge in [-0.15, -0.1) is 0 Å². The smallest absolute Gasteiger partial charge is 0.403 e. The highest BCUT2D eigenvalue weighted by Crippen LogP contribution is 2.12. The maximum absolute atomic E-state index is 12.3. The zero-order valence-electron chi connectivity index (χ0n) is 22.0. The van der Waals surface area contributed by atoms with E-state index in [1.807, 2.05) is 32.0 Å². The highest BCUT2D eigenvalue weighted by Gasteiger charge is 2.15. The van der Waals surface area contributed by atoms with E-state index >= 15 is 0 Å². The molecule has 0 aliphatic rings. The third-order valence-corrected chi connectivity index (χ3v) is 5.26. The number of nitrogens with zero attached hydrogens (tertiary/aromatic N) is 2. The van der Waals surface area contributed by atoms with Gasteiger partial charge in [0.2, 0.25) is 0 Å². The lowest BCUT2D eigenvalue weighted by Crippen LogP contribution is -2.38. The number of likely N-dealkylation sites (N-methyl/N-ethyl adjacent to an activating group) is 1. The van der Waals surface area contributed by atoms with E-state index in [2.05, 4.69) is 59.9 Å². The average molecular weight is 505 g/mol. The number of hydrogen-bond acceptors (Lipinski definition) is 5. The lowest BCUT2D eigenvalue weighted by Gasteiger charge is -2.24. The summed E-state index contributed by atoms with van der Waals surface area (Å²) >= 11 is 4.86. The first-order chi connectivity index (χ1) is 16.6. The maximum atomic E-state index is 12.3. The zero-order chi connectivity index (χ0) is 26.2. The van der Waals surface area contributed by atoms with Gasteiger partial charge in [-0.05, 0) is 41.4 Å². The molecule has 6 nitrogen and oxygen atoms in total. The molecule has 194 valence electrons. The Balaban J connectivity index is 0.000000658. The summed E-state index contributed by atoms with van der Waals surface area (Å²) in [5.74, 6) is 0.986. The molecule has 2 aromatic carbocycles. The minimum Gasteiger partial charge on any atom is -0.453 e. The van der Waals surface area contributed by atoms with Gasteiger partial charge in [0, 0.05) is 31.7 Å². The van der Waals surface area contributed by atoms with E-state index in [0.717, 1.165) is 25.9 Å². The molecule has 0 aliphatic carbocycles. The molecule has 35 heavy (non-hydrogen) atoms. The molecule has 1 amide bonds. The molecule has 0 spiro atoms. The molecule has 0 fully saturated rings. The normalized spacial score (nSPS) is 10.8. The molecule has 2 aromatic rings. The van der Waals surface area contributed by atoms with Crippen LogP contribution < -0.4 is 0 Å². The Kier molecular flexibility index (Phi) is 15.0. The van der Waals surface area contributed by atoms with E-state index in [1.165, 1.54) is 28.9 Å². The summed E-state index contributed by atoms with van der Waals surface area (Å²) in [7, 11) is 3.16. The number of hydroxylamine groups is 2. The number of ether oxygens (including phenoxy) is 1. The first-order valence-corrected chi connectivity index (χ1v) is 12.5. The molecular formula is C28H41ClN2O4. The molecule has 7 heteroatoms. The van der Waals surface area contributed by atoms with E-state index in [1.54, 1.807) is 7.05 Å². The predicted octanol–water partition coefficient (Wildman–Crippen LogP) is 5.97. The third-order valence-electron chi connectivity index (χ3n) is 5.15. The lowest BCUT2D eigenvalue weighted by atomic mass is 10.0. The van der Waals surface area contributed by atoms with Crippen molar-refractivity contribution >= 4 is 22.9 Å². The van der Waals surface area contributed by atoms with Gasteiger partial charge in [0.05, 0.1) is 20.3 Å². The monoisotopic (exact) mass is 504 g/mol. The molecular weight excluding hydrogens is 464 g/mol. The van der Waals surface area contributed by atoms with Crippen molar-refractivity contribution in [3.63, 3.8) is 0 Å². The second kappa shape index (κ2) is 17.1. The van der Waals surface area contributed by atoms with Gasteiger partial charge < -0.3 is 4.74 Å². The van der Waals surface area contributed by atoms with Crippen molar-refractivity contribution in [1.82, 2.24) is 9.96 Å². The molecule has 2 rings (SSSR count). The van der Waals surface area contributed by atoms with Gasteiger partial charge in [0.15, 0.2) is 0 Å². The van der Waals surface area contributed by atoms with Gasteiger partial charge in [-0.3, -0.25) is 14.5 Å². The Morgan fingerprint density at radius 3 is 1.97 bits per heavy atom. The highest BCUT2D eigenvalue weighted by molar-refractivity contribution is 6.61. The Labute approximate surface area is 216 Å². The van der Waals surface area contributed by atoms with Crippen molar-refractivity contribution in [1.29, 1.82) is 0 Å². The molecule has 0 heterocycles. The molecule has 0 aromatic heterocycles. The fourth-order valence-corrected chi connectivity index (χ4v) is 3.34. The van der Waals surface area contributed by atoms with Gasteiger partial charge in [-0.2, -0.15) is 0 Å². The van der Waals surface area contributed by atoms with Crippen molar-refractivity contribution in [2.75, 3.05) is 33.9 Å². The van der Waals surface area contributed by atoms with Crippen molar-refractivity contribution < 1.29 is 19.2 Å². The first kappa shape index (κ1) is 30.6. The molecule has 0 N–H and O–H groups in total. The maximum Gasteiger partial charge on any atom is 0.403 e. The van der Waals surface area contributed by atoms with Crippen LogP contribution in [-0.2, 0) is 33.8 Å². The van der Waals surface area contributed by atoms with E-state index in [4.69, 9.17) is 16.4 Å². The quantitative estimate of drug-likeness (QED) is 0.263. The van der Waals surface area contributed by atoms with Gasteiger partial charge in [-0.1, -0.05) is 82.3 Å². The van der Waals surface area contributed by atoms with Gasteiger partial charge in [-0.25, -0.2) is 9.86 Å². The predicted molar refractivity (Wildman–Crippen MR) is 142 cm³/mol. The van der Waals surface area contributed by atoms with Crippen LogP contribution in [0.15, 0.2) is 54.6 Å². The van der Waals surface area contributed by atoms with Crippen LogP contribution in [0.3, 0.4) is 0 Å². The topological polar surface area (TPSA) is 59.1 Å². The minimum absolute atomic E-state index is 0.0410. The summed E-state index contributed by atoms with van der Waals surface area (Å²) in [6.07, 6.45) is 2.02. The molecule has 0 unspecified atom stereocenters. The summed E-state index contributed by atoms with van der Waals surface area (Å²) < 4.78 is 4.43. The molecule has 0 bridgehead atoms. The Hall–Kier alpha value is -2.41. The van der Waals surface area contributed by atoms with Crippen LogP contribution >= 0.6 is 11.6 Å². The van der Waals surface area contributed by atoms with E-state index in [9.17, 15) is 9.59 Å². The van der Waals surface area contributed by atoms with Gasteiger partial charge in [0.1, 0.15) is 0 Å². The van der Waals surface area contributed by atoms with Crippen LogP contribution in [0.2, 0.25) is 0 Å². The summed E-state index contributed by atoms with van der Waals surface area (Å²) in [6, 6.07) is 19.1. The standard InChI is InChI=1S/C23H32N2O2.C5H9ClO2/c1-19(2)16-21-12-10-20(11-13-21)14-15-25(18-23(26)24(3)27-4)17-22-8-6-5-7-9-22;1-4(2)3-8-5(6)7/h5-13,19H,14-18H2,1-4H3;4H,3H2,1-2H3. The number of rotatable bonds is 12. The van der Waals surface area contributed by atoms with Gasteiger partial charge in [0.25, 0.3) is 5.91 Å². The van der Waals surface area contributed by atoms with Crippen LogP contribution in [-0.4, -0.2) is 55.2 Å². The zero-order valence-corrected chi connectivity index (χ0v) is 22.8. The fourth-order valence-electron chi connectivity index (χ4n) is 3.28. The second-order valence-corrected chi connectivity index (χ2v) is 9.69. The minimum atomic E-state index is -0.723. The Bertz CT molecular complexity index is 857. The van der Waals surface area contributed by atoms with E-state index < -0.39 is 5.43 Å². The van der Waals surface area contributed by atoms with Crippen LogP contribution in [0.25, 0.3) is 0 Å². The SMILES string of the molecule is CC(C)COC(=O)Cl.CON(C)C(=O)CN(CCc1ccc(CC(C)C)cc1)Cc1ccccc1. The molecule has 0 atom stereocenters. The third kappa shape index (κ3) is 14.6. The summed E-state index contributed by atoms with van der Waals surface area (Å²) in [5.41, 5.74) is 3.16. The number of benzene rings is 2. The second-order valence-electron chi connectivity index (χ2n) is 9.38. The van der Waals surface area contributed by atoms with Crippen molar-refractivity contribution in [3.8, 4) is 0 Å². The largest absolute Gasteiger partial charge is 0.453 e. The first-order valence-electron chi connectivity index (χ1n) is 12.1. The molecule has 0 saturated heterocycles. The number of hydrogen-bond donors (Lipinski definition) is 0. The Morgan fingerprint density at radius 1 is 0.886 bits per heavy atom. The van der Waals surface area contributed by atoms with Crippen LogP contribution in [0.4, 0.5) is 4.79 Å². The summed E-state index contributed by atoms with van der Waals surface area (Å²) in [5, 5.41) is 1.29. The number of amides is 1. The van der Waals surface area contributed by atoms with Crippen LogP contribution in [0, 0.1) is 11.8 Å². The number of carbonyl (C=O) groups is 2. The van der Waals surface area contributed by atoms with E-state index in [-0.39, 0.29) is 5.91 Å². The van der Waals surface area contributed by atoms with Crippen LogP contribution in [0.5, 0.6) is 0 Å². The molecule has 0 saturated carbocycles. The summed E-state index contributed by atoms with van der Waals surface area (Å²) in [4.78, 5) is 29.4. The summed E-state index contributed by atoms with van der Waals surface area (Å²) in [6.45, 7) is 10.7. The average Bonchev–Trinajstić information content (AvgIpc) is 2.82. The van der Waals surface area contributed by atoms with Gasteiger partial charge >= 0.3 is 5.43 Å². The number of carbonyl (C=O) groups excluding carboxylic acids is 2. The Morgan fingerprint density at radius 2 is 1.49 bits per heavy atom. The molecule has 0 radical (unpaired) electrons. The number of halogens is 1. The van der Waals surface area contributed by atoms with Crippen molar-refractivity contribution in [2.24, 2.45) is 11.8 Å². The van der Waals surface area contributed by atoms with Crippen molar-refractivity contribution in [3.05, 3.63) is 71.3 Å². The fraction of sp³-hybridized carbons (Fsp3) is 0.500. The van der Waals surface area contributed by atoms with E-state index in [0.29, 0.717) is 25.0 Å². The van der Waals surface area contributed by atoms with Crippen LogP contribution in [0.1, 0.15) is 44.4 Å². The highest BCUT2D eigenvalue weighted by atomic mass is 35.5. The lowest BCUT2D eigenvalue weighted by molar-refractivity contribution is -0.169. The molecule has 0 aliphatic heterocycles.